The summed E-state index contributed by atoms with van der Waals surface area (Å²) < 4.78 is 18.9. The number of benzene rings is 2. The fourth-order valence-electron chi connectivity index (χ4n) is 3.73. The van der Waals surface area contributed by atoms with Crippen LogP contribution in [-0.2, 0) is 23.2 Å². The Hall–Kier alpha value is -2.68. The summed E-state index contributed by atoms with van der Waals surface area (Å²) in [5.41, 5.74) is 2.65. The Morgan fingerprint density at radius 1 is 1.10 bits per heavy atom. The molecule has 4 rings (SSSR count). The molecule has 1 aromatic heterocycles. The Labute approximate surface area is 184 Å². The predicted octanol–water partition coefficient (Wildman–Crippen LogP) is 4.29. The zero-order chi connectivity index (χ0) is 21.7. The SMILES string of the molecule is CCc1ccc(NC(=O)c2nnc(CNC3(c4ccc(F)cc4)CCOCC3)s2)cc1. The van der Waals surface area contributed by atoms with Crippen LogP contribution in [0.15, 0.2) is 48.5 Å². The first kappa shape index (κ1) is 21.5. The number of anilines is 1. The molecule has 0 aliphatic carbocycles. The molecule has 0 bridgehead atoms. The van der Waals surface area contributed by atoms with E-state index >= 15 is 0 Å². The summed E-state index contributed by atoms with van der Waals surface area (Å²) in [4.78, 5) is 12.5. The van der Waals surface area contributed by atoms with Crippen LogP contribution in [-0.4, -0.2) is 29.3 Å². The van der Waals surface area contributed by atoms with Crippen LogP contribution in [0.5, 0.6) is 0 Å². The number of carbonyl (C=O) groups is 1. The van der Waals surface area contributed by atoms with Gasteiger partial charge in [0.2, 0.25) is 5.01 Å². The molecule has 1 fully saturated rings. The van der Waals surface area contributed by atoms with Gasteiger partial charge in [0.05, 0.1) is 6.54 Å². The van der Waals surface area contributed by atoms with E-state index in [0.717, 1.165) is 35.5 Å². The molecule has 0 atom stereocenters. The summed E-state index contributed by atoms with van der Waals surface area (Å²) in [6.07, 6.45) is 2.50. The van der Waals surface area contributed by atoms with E-state index in [-0.39, 0.29) is 17.3 Å². The van der Waals surface area contributed by atoms with E-state index in [0.29, 0.717) is 24.8 Å². The highest BCUT2D eigenvalue weighted by molar-refractivity contribution is 7.13. The lowest BCUT2D eigenvalue weighted by Gasteiger charge is -2.38. The number of aryl methyl sites for hydroxylation is 1. The standard InChI is InChI=1S/C23H25FN4O2S/c1-2-16-3-9-19(10-4-16)26-21(29)22-28-27-20(31-22)15-25-23(11-13-30-14-12-23)17-5-7-18(24)8-6-17/h3-10,25H,2,11-15H2,1H3,(H,26,29). The summed E-state index contributed by atoms with van der Waals surface area (Å²) in [5.74, 6) is -0.526. The average molecular weight is 441 g/mol. The minimum Gasteiger partial charge on any atom is -0.381 e. The second-order valence-corrected chi connectivity index (χ2v) is 8.62. The summed E-state index contributed by atoms with van der Waals surface area (Å²) >= 11 is 1.26. The Balaban J connectivity index is 1.42. The Bertz CT molecular complexity index is 1010. The molecule has 2 aromatic carbocycles. The molecule has 1 saturated heterocycles. The molecule has 31 heavy (non-hydrogen) atoms. The number of ether oxygens (including phenoxy) is 1. The molecule has 8 heteroatoms. The molecule has 162 valence electrons. The van der Waals surface area contributed by atoms with E-state index in [1.807, 2.05) is 36.4 Å². The van der Waals surface area contributed by atoms with Crippen molar-refractivity contribution < 1.29 is 13.9 Å². The fourth-order valence-corrected chi connectivity index (χ4v) is 4.40. The number of hydrogen-bond donors (Lipinski definition) is 2. The van der Waals surface area contributed by atoms with Crippen LogP contribution in [0.2, 0.25) is 0 Å². The Morgan fingerprint density at radius 3 is 2.48 bits per heavy atom. The van der Waals surface area contributed by atoms with Gasteiger partial charge in [-0.2, -0.15) is 0 Å². The molecule has 0 unspecified atom stereocenters. The van der Waals surface area contributed by atoms with Gasteiger partial charge in [-0.15, -0.1) is 10.2 Å². The van der Waals surface area contributed by atoms with Crippen molar-refractivity contribution in [2.75, 3.05) is 18.5 Å². The van der Waals surface area contributed by atoms with Gasteiger partial charge in [-0.1, -0.05) is 42.5 Å². The van der Waals surface area contributed by atoms with Gasteiger partial charge in [0.1, 0.15) is 10.8 Å². The van der Waals surface area contributed by atoms with Gasteiger partial charge in [0.15, 0.2) is 0 Å². The van der Waals surface area contributed by atoms with E-state index in [1.165, 1.54) is 29.0 Å². The van der Waals surface area contributed by atoms with Gasteiger partial charge in [-0.3, -0.25) is 4.79 Å². The lowest BCUT2D eigenvalue weighted by atomic mass is 9.82. The minimum absolute atomic E-state index is 0.255. The molecule has 2 N–H and O–H groups in total. The van der Waals surface area contributed by atoms with E-state index in [2.05, 4.69) is 27.8 Å². The maximum absolute atomic E-state index is 13.4. The summed E-state index contributed by atoms with van der Waals surface area (Å²) in [7, 11) is 0. The first-order chi connectivity index (χ1) is 15.1. The summed E-state index contributed by atoms with van der Waals surface area (Å²) in [6.45, 7) is 3.81. The molecular formula is C23H25FN4O2S. The third-order valence-electron chi connectivity index (χ3n) is 5.60. The van der Waals surface area contributed by atoms with Gasteiger partial charge < -0.3 is 15.4 Å². The van der Waals surface area contributed by atoms with Crippen molar-refractivity contribution in [3.63, 3.8) is 0 Å². The Kier molecular flexibility index (Phi) is 6.70. The smallest absolute Gasteiger partial charge is 0.286 e. The largest absolute Gasteiger partial charge is 0.381 e. The van der Waals surface area contributed by atoms with Crippen LogP contribution in [0, 0.1) is 5.82 Å². The topological polar surface area (TPSA) is 76.1 Å². The number of aromatic nitrogens is 2. The van der Waals surface area contributed by atoms with E-state index in [9.17, 15) is 9.18 Å². The average Bonchev–Trinajstić information content (AvgIpc) is 3.29. The number of hydrogen-bond acceptors (Lipinski definition) is 6. The Morgan fingerprint density at radius 2 is 1.81 bits per heavy atom. The number of halogens is 1. The van der Waals surface area contributed by atoms with Crippen molar-refractivity contribution >= 4 is 22.9 Å². The molecule has 3 aromatic rings. The zero-order valence-electron chi connectivity index (χ0n) is 17.4. The molecule has 6 nitrogen and oxygen atoms in total. The molecule has 2 heterocycles. The molecule has 0 radical (unpaired) electrons. The number of nitrogens with one attached hydrogen (secondary N) is 2. The molecule has 1 aliphatic rings. The van der Waals surface area contributed by atoms with Gasteiger partial charge in [-0.25, -0.2) is 4.39 Å². The van der Waals surface area contributed by atoms with Crippen LogP contribution in [0.25, 0.3) is 0 Å². The normalized spacial score (nSPS) is 15.5. The number of rotatable bonds is 7. The van der Waals surface area contributed by atoms with Gasteiger partial charge >= 0.3 is 0 Å². The number of nitrogens with zero attached hydrogens (tertiary/aromatic N) is 2. The van der Waals surface area contributed by atoms with E-state index < -0.39 is 0 Å². The van der Waals surface area contributed by atoms with Crippen molar-refractivity contribution in [3.8, 4) is 0 Å². The molecular weight excluding hydrogens is 415 g/mol. The molecule has 1 amide bonds. The molecule has 0 saturated carbocycles. The second kappa shape index (κ2) is 9.64. The van der Waals surface area contributed by atoms with Crippen molar-refractivity contribution in [1.29, 1.82) is 0 Å². The number of amides is 1. The van der Waals surface area contributed by atoms with E-state index in [1.54, 1.807) is 0 Å². The highest BCUT2D eigenvalue weighted by Gasteiger charge is 2.34. The van der Waals surface area contributed by atoms with E-state index in [4.69, 9.17) is 4.74 Å². The first-order valence-electron chi connectivity index (χ1n) is 10.4. The van der Waals surface area contributed by atoms with Gasteiger partial charge in [0.25, 0.3) is 5.91 Å². The maximum Gasteiger partial charge on any atom is 0.286 e. The second-order valence-electron chi connectivity index (χ2n) is 7.56. The van der Waals surface area contributed by atoms with Crippen molar-refractivity contribution in [3.05, 3.63) is 75.5 Å². The van der Waals surface area contributed by atoms with Crippen molar-refractivity contribution in [2.24, 2.45) is 0 Å². The van der Waals surface area contributed by atoms with Crippen LogP contribution < -0.4 is 10.6 Å². The van der Waals surface area contributed by atoms with Crippen LogP contribution >= 0.6 is 11.3 Å². The maximum atomic E-state index is 13.4. The van der Waals surface area contributed by atoms with Gasteiger partial charge in [-0.05, 0) is 54.7 Å². The van der Waals surface area contributed by atoms with Crippen molar-refractivity contribution in [1.82, 2.24) is 15.5 Å². The highest BCUT2D eigenvalue weighted by Crippen LogP contribution is 2.33. The molecule has 1 aliphatic heterocycles. The zero-order valence-corrected chi connectivity index (χ0v) is 18.2. The monoisotopic (exact) mass is 440 g/mol. The lowest BCUT2D eigenvalue weighted by Crippen LogP contribution is -2.46. The highest BCUT2D eigenvalue weighted by atomic mass is 32.1. The third kappa shape index (κ3) is 5.15. The first-order valence-corrected chi connectivity index (χ1v) is 11.2. The lowest BCUT2D eigenvalue weighted by molar-refractivity contribution is 0.0357. The molecule has 0 spiro atoms. The third-order valence-corrected chi connectivity index (χ3v) is 6.52. The van der Waals surface area contributed by atoms with Gasteiger partial charge in [0, 0.05) is 24.4 Å². The predicted molar refractivity (Wildman–Crippen MR) is 119 cm³/mol. The minimum atomic E-state index is -0.318. The number of carbonyl (C=O) groups excluding carboxylic acids is 1. The van der Waals surface area contributed by atoms with Crippen LogP contribution in [0.4, 0.5) is 10.1 Å². The fraction of sp³-hybridized carbons (Fsp3) is 0.348. The van der Waals surface area contributed by atoms with Crippen LogP contribution in [0.1, 0.15) is 45.7 Å². The van der Waals surface area contributed by atoms with Crippen LogP contribution in [0.3, 0.4) is 0 Å². The summed E-state index contributed by atoms with van der Waals surface area (Å²) in [5, 5.41) is 15.7. The quantitative estimate of drug-likeness (QED) is 0.573. The summed E-state index contributed by atoms with van der Waals surface area (Å²) in [6, 6.07) is 14.4. The van der Waals surface area contributed by atoms with Crippen molar-refractivity contribution in [2.45, 2.75) is 38.3 Å².